The predicted octanol–water partition coefficient (Wildman–Crippen LogP) is 5.76. The molecule has 21 heteroatoms. The molecule has 296 valence electrons. The number of anilines is 1. The van der Waals surface area contributed by atoms with Crippen LogP contribution in [-0.2, 0) is 33.3 Å². The average Bonchev–Trinajstić information content (AvgIpc) is 3.62. The Morgan fingerprint density at radius 3 is 2.33 bits per heavy atom. The number of hydrazine groups is 1. The van der Waals surface area contributed by atoms with E-state index in [0.717, 1.165) is 23.2 Å². The second kappa shape index (κ2) is 16.0. The quantitative estimate of drug-likeness (QED) is 0.0660. The number of nitrogens with zero attached hydrogens (tertiary/aromatic N) is 4. The van der Waals surface area contributed by atoms with Gasteiger partial charge in [-0.1, -0.05) is 18.9 Å². The van der Waals surface area contributed by atoms with Crippen LogP contribution in [0.4, 0.5) is 40.8 Å². The maximum Gasteiger partial charge on any atom is 0.433 e. The summed E-state index contributed by atoms with van der Waals surface area (Å²) in [6.45, 7) is -0.995. The van der Waals surface area contributed by atoms with Crippen molar-refractivity contribution in [2.75, 3.05) is 31.3 Å². The Kier molecular flexibility index (Phi) is 12.0. The summed E-state index contributed by atoms with van der Waals surface area (Å²) in [5, 5.41) is 27.6. The minimum absolute atomic E-state index is 0.0421. The Morgan fingerprint density at radius 1 is 1.02 bits per heavy atom. The fraction of sp³-hybridized carbons (Fsp3) is 0.382. The van der Waals surface area contributed by atoms with Crippen molar-refractivity contribution in [2.45, 2.75) is 56.2 Å². The molecule has 0 unspecified atom stereocenters. The third-order valence-electron chi connectivity index (χ3n) is 9.27. The number of amides is 2. The first-order chi connectivity index (χ1) is 25.8. The van der Waals surface area contributed by atoms with Crippen molar-refractivity contribution in [3.05, 3.63) is 82.5 Å². The summed E-state index contributed by atoms with van der Waals surface area (Å²) in [6, 6.07) is 3.28. The van der Waals surface area contributed by atoms with Crippen molar-refractivity contribution in [2.24, 2.45) is 0 Å². The first-order valence-corrected chi connectivity index (χ1v) is 17.0. The molecule has 12 nitrogen and oxygen atoms in total. The van der Waals surface area contributed by atoms with Gasteiger partial charge in [-0.25, -0.2) is 19.4 Å². The summed E-state index contributed by atoms with van der Waals surface area (Å²) in [5.74, 6) is -7.87. The summed E-state index contributed by atoms with van der Waals surface area (Å²) in [6.07, 6.45) is -8.10. The van der Waals surface area contributed by atoms with E-state index in [1.807, 2.05) is 0 Å². The fourth-order valence-corrected chi connectivity index (χ4v) is 6.65. The minimum atomic E-state index is -5.01. The van der Waals surface area contributed by atoms with E-state index in [9.17, 15) is 45.8 Å². The number of carboxylic acid groups (broad SMARTS) is 1. The molecule has 2 amide bonds. The first-order valence-electron chi connectivity index (χ1n) is 16.4. The maximum atomic E-state index is 15.5. The van der Waals surface area contributed by atoms with Gasteiger partial charge in [-0.2, -0.15) is 43.4 Å². The molecule has 1 fully saturated rings. The second-order valence-corrected chi connectivity index (χ2v) is 12.9. The van der Waals surface area contributed by atoms with Crippen LogP contribution in [0.3, 0.4) is 0 Å². The van der Waals surface area contributed by atoms with Crippen molar-refractivity contribution in [3.63, 3.8) is 0 Å². The lowest BCUT2D eigenvalue weighted by atomic mass is 9.88. The molecule has 55 heavy (non-hydrogen) atoms. The molecule has 2 aromatic carbocycles. The number of carbonyl (C=O) groups excluding carboxylic acids is 2. The van der Waals surface area contributed by atoms with Gasteiger partial charge in [0.25, 0.3) is 11.8 Å². The summed E-state index contributed by atoms with van der Waals surface area (Å²) >= 11 is 3.91. The zero-order chi connectivity index (χ0) is 40.5. The molecule has 0 saturated heterocycles. The van der Waals surface area contributed by atoms with Crippen molar-refractivity contribution < 1.29 is 64.5 Å². The second-order valence-electron chi connectivity index (χ2n) is 12.6. The van der Waals surface area contributed by atoms with Crippen LogP contribution in [0.25, 0.3) is 11.3 Å². The van der Waals surface area contributed by atoms with E-state index >= 15 is 8.78 Å². The molecule has 1 spiro atoms. The van der Waals surface area contributed by atoms with Gasteiger partial charge in [0.2, 0.25) is 5.82 Å². The third-order valence-corrected chi connectivity index (χ3v) is 9.64. The molecule has 3 aromatic rings. The first kappa shape index (κ1) is 41.1. The Labute approximate surface area is 312 Å². The third kappa shape index (κ3) is 8.47. The Balaban J connectivity index is 1.46. The van der Waals surface area contributed by atoms with Gasteiger partial charge in [0.1, 0.15) is 36.0 Å². The molecule has 1 aliphatic heterocycles. The number of aromatic nitrogens is 2. The number of aliphatic hydroxyl groups is 1. The summed E-state index contributed by atoms with van der Waals surface area (Å²) in [5.41, 5.74) is -7.25. The number of nitrogens with one attached hydrogen (secondary N) is 2. The molecule has 0 bridgehead atoms. The van der Waals surface area contributed by atoms with Gasteiger partial charge in [-0.15, -0.1) is 0 Å². The SMILES string of the molecule is CN1N(Cc2ccc(OCCN[C@@H](CS)C(=O)O)c(F)c2F)C(=O)C(C(=O)Nc2ccc(C(F)(F)F)cc2-c2cc(C(F)(F)F)ncn2)=C(O)C12CCCC2. The molecule has 2 heterocycles. The number of carboxylic acids is 1. The number of halogens is 8. The number of aliphatic carboxylic acids is 1. The zero-order valence-corrected chi connectivity index (χ0v) is 29.5. The van der Waals surface area contributed by atoms with E-state index < -0.39 is 105 Å². The molecule has 4 N–H and O–H groups in total. The van der Waals surface area contributed by atoms with Gasteiger partial charge >= 0.3 is 18.3 Å². The van der Waals surface area contributed by atoms with E-state index in [0.29, 0.717) is 37.4 Å². The molecular formula is C34H32F8N6O6S. The number of aliphatic hydroxyl groups excluding tert-OH is 1. The zero-order valence-electron chi connectivity index (χ0n) is 28.6. The van der Waals surface area contributed by atoms with Crippen molar-refractivity contribution >= 4 is 36.1 Å². The summed E-state index contributed by atoms with van der Waals surface area (Å²) in [7, 11) is 1.39. The van der Waals surface area contributed by atoms with E-state index in [-0.39, 0.29) is 37.3 Å². The Hall–Kier alpha value is -5.02. The molecular weight excluding hydrogens is 772 g/mol. The number of ether oxygens (including phenoxy) is 1. The van der Waals surface area contributed by atoms with E-state index in [2.05, 4.69) is 33.2 Å². The largest absolute Gasteiger partial charge is 0.509 e. The molecule has 1 aromatic heterocycles. The number of likely N-dealkylation sites (N-methyl/N-ethyl adjacent to an activating group) is 1. The number of benzene rings is 2. The highest BCUT2D eigenvalue weighted by molar-refractivity contribution is 7.80. The molecule has 1 saturated carbocycles. The Morgan fingerprint density at radius 2 is 1.71 bits per heavy atom. The lowest BCUT2D eigenvalue weighted by Gasteiger charge is -2.48. The van der Waals surface area contributed by atoms with Crippen LogP contribution < -0.4 is 15.4 Å². The maximum absolute atomic E-state index is 15.5. The van der Waals surface area contributed by atoms with Crippen molar-refractivity contribution in [3.8, 4) is 17.0 Å². The number of hydrogen-bond donors (Lipinski definition) is 5. The van der Waals surface area contributed by atoms with Crippen LogP contribution in [0.15, 0.2) is 54.1 Å². The normalized spacial score (nSPS) is 16.8. The summed E-state index contributed by atoms with van der Waals surface area (Å²) in [4.78, 5) is 45.8. The standard InChI is InChI=1S/C34H32F8N6O6S/c1-47-32(8-2-3-9-32)28(49)25(30(51)48(47)14-17-4-7-23(27(36)26(17)35)54-11-10-43-22(15-55)31(52)53)29(50)46-20-6-5-18(33(37,38)39)12-19(20)21-13-24(34(40,41)42)45-16-44-21/h4-7,12-13,16,22,43,49,55H,2-3,8-11,14-15H2,1H3,(H,46,50)(H,52,53)/t22-/m0/s1. The van der Waals surface area contributed by atoms with Crippen LogP contribution in [0.2, 0.25) is 0 Å². The minimum Gasteiger partial charge on any atom is -0.509 e. The monoisotopic (exact) mass is 804 g/mol. The number of thiol groups is 1. The summed E-state index contributed by atoms with van der Waals surface area (Å²) < 4.78 is 117. The number of carbonyl (C=O) groups is 3. The van der Waals surface area contributed by atoms with Crippen LogP contribution in [0.5, 0.6) is 5.75 Å². The highest BCUT2D eigenvalue weighted by Gasteiger charge is 2.53. The van der Waals surface area contributed by atoms with E-state index in [1.54, 1.807) is 0 Å². The van der Waals surface area contributed by atoms with Gasteiger partial charge in [0, 0.05) is 30.5 Å². The van der Waals surface area contributed by atoms with Gasteiger partial charge < -0.3 is 25.6 Å². The molecule has 5 rings (SSSR count). The van der Waals surface area contributed by atoms with Crippen LogP contribution in [-0.4, -0.2) is 85.5 Å². The van der Waals surface area contributed by atoms with Gasteiger partial charge in [-0.05, 0) is 43.2 Å². The van der Waals surface area contributed by atoms with E-state index in [1.165, 1.54) is 12.1 Å². The van der Waals surface area contributed by atoms with Gasteiger partial charge in [-0.3, -0.25) is 19.4 Å². The fourth-order valence-electron chi connectivity index (χ4n) is 6.36. The van der Waals surface area contributed by atoms with Crippen molar-refractivity contribution in [1.29, 1.82) is 0 Å². The smallest absolute Gasteiger partial charge is 0.433 e. The Bertz CT molecular complexity index is 2010. The number of alkyl halides is 6. The average molecular weight is 805 g/mol. The highest BCUT2D eigenvalue weighted by Crippen LogP contribution is 2.45. The molecule has 1 aliphatic carbocycles. The predicted molar refractivity (Wildman–Crippen MR) is 180 cm³/mol. The number of rotatable bonds is 12. The van der Waals surface area contributed by atoms with Crippen LogP contribution in [0.1, 0.15) is 42.5 Å². The molecule has 2 aliphatic rings. The molecule has 0 radical (unpaired) electrons. The number of hydrogen-bond acceptors (Lipinski definition) is 10. The van der Waals surface area contributed by atoms with Crippen molar-refractivity contribution in [1.82, 2.24) is 25.3 Å². The van der Waals surface area contributed by atoms with Gasteiger partial charge in [0.05, 0.1) is 29.0 Å². The van der Waals surface area contributed by atoms with Crippen LogP contribution >= 0.6 is 12.6 Å². The molecule has 1 atom stereocenters. The van der Waals surface area contributed by atoms with Gasteiger partial charge in [0.15, 0.2) is 11.6 Å². The highest BCUT2D eigenvalue weighted by atomic mass is 32.1. The lowest BCUT2D eigenvalue weighted by molar-refractivity contribution is -0.163. The van der Waals surface area contributed by atoms with E-state index in [4.69, 9.17) is 9.84 Å². The van der Waals surface area contributed by atoms with Crippen LogP contribution in [0, 0.1) is 11.6 Å². The lowest BCUT2D eigenvalue weighted by Crippen LogP contribution is -2.62. The topological polar surface area (TPSA) is 157 Å².